The normalized spacial score (nSPS) is 19.0. The van der Waals surface area contributed by atoms with Crippen LogP contribution in [0.4, 0.5) is 13.2 Å². The van der Waals surface area contributed by atoms with E-state index in [1.54, 1.807) is 12.3 Å². The molecule has 0 bridgehead atoms. The van der Waals surface area contributed by atoms with Gasteiger partial charge >= 0.3 is 13.3 Å². The lowest BCUT2D eigenvalue weighted by molar-refractivity contribution is -0.137. The molecule has 2 heterocycles. The van der Waals surface area contributed by atoms with E-state index in [9.17, 15) is 13.2 Å². The minimum absolute atomic E-state index is 0.199. The summed E-state index contributed by atoms with van der Waals surface area (Å²) in [5.41, 5.74) is -0.0191. The van der Waals surface area contributed by atoms with Gasteiger partial charge in [-0.2, -0.15) is 13.2 Å². The fourth-order valence-electron chi connectivity index (χ4n) is 2.61. The quantitative estimate of drug-likeness (QED) is 0.555. The van der Waals surface area contributed by atoms with E-state index in [0.29, 0.717) is 16.6 Å². The van der Waals surface area contributed by atoms with E-state index in [4.69, 9.17) is 20.9 Å². The maximum atomic E-state index is 12.7. The average Bonchev–Trinajstić information content (AvgIpc) is 2.75. The second kappa shape index (κ2) is 6.25. The molecule has 1 aliphatic rings. The van der Waals surface area contributed by atoms with Crippen LogP contribution < -0.4 is 5.46 Å². The number of aromatic nitrogens is 1. The number of alkyl halides is 3. The van der Waals surface area contributed by atoms with Crippen LogP contribution in [0.3, 0.4) is 0 Å². The van der Waals surface area contributed by atoms with Gasteiger partial charge in [0.25, 0.3) is 0 Å². The maximum absolute atomic E-state index is 12.7. The van der Waals surface area contributed by atoms with Crippen molar-refractivity contribution in [3.8, 4) is 11.1 Å². The third kappa shape index (κ3) is 3.48. The Morgan fingerprint density at radius 2 is 1.54 bits per heavy atom. The number of rotatable bonds is 2. The molecule has 0 unspecified atom stereocenters. The van der Waals surface area contributed by atoms with Crippen LogP contribution in [0.1, 0.15) is 33.3 Å². The zero-order valence-corrected chi connectivity index (χ0v) is 15.6. The van der Waals surface area contributed by atoms with Crippen molar-refractivity contribution in [3.63, 3.8) is 0 Å². The van der Waals surface area contributed by atoms with Crippen LogP contribution in [-0.4, -0.2) is 23.3 Å². The Morgan fingerprint density at radius 1 is 1.00 bits per heavy atom. The summed E-state index contributed by atoms with van der Waals surface area (Å²) in [7, 11) is -0.627. The summed E-state index contributed by atoms with van der Waals surface area (Å²) in [5.74, 6) is 0. The predicted octanol–water partition coefficient (Wildman–Crippen LogP) is 4.72. The summed E-state index contributed by atoms with van der Waals surface area (Å²) < 4.78 is 50.2. The van der Waals surface area contributed by atoms with Gasteiger partial charge in [0.2, 0.25) is 0 Å². The van der Waals surface area contributed by atoms with Gasteiger partial charge in [0.15, 0.2) is 0 Å². The highest BCUT2D eigenvalue weighted by Crippen LogP contribution is 2.37. The van der Waals surface area contributed by atoms with Crippen LogP contribution in [0.15, 0.2) is 36.5 Å². The smallest absolute Gasteiger partial charge is 0.399 e. The van der Waals surface area contributed by atoms with E-state index in [-0.39, 0.29) is 5.15 Å². The first kappa shape index (κ1) is 19.2. The van der Waals surface area contributed by atoms with Crippen LogP contribution in [-0.2, 0) is 15.5 Å². The first-order valence-corrected chi connectivity index (χ1v) is 8.47. The van der Waals surface area contributed by atoms with Gasteiger partial charge in [-0.1, -0.05) is 23.7 Å². The number of halogens is 4. The Hall–Kier alpha value is -1.57. The van der Waals surface area contributed by atoms with Gasteiger partial charge < -0.3 is 9.31 Å². The zero-order chi connectivity index (χ0) is 19.3. The van der Waals surface area contributed by atoms with Crippen LogP contribution >= 0.6 is 11.6 Å². The number of hydrogen-bond donors (Lipinski definition) is 0. The Bertz CT molecular complexity index is 806. The highest BCUT2D eigenvalue weighted by molar-refractivity contribution is 6.62. The first-order chi connectivity index (χ1) is 11.9. The van der Waals surface area contributed by atoms with Gasteiger partial charge in [-0.3, -0.25) is 0 Å². The van der Waals surface area contributed by atoms with Gasteiger partial charge in [0, 0.05) is 17.2 Å². The Balaban J connectivity index is 1.94. The lowest BCUT2D eigenvalue weighted by Crippen LogP contribution is -2.41. The second-order valence-electron chi connectivity index (χ2n) is 7.27. The fourth-order valence-corrected chi connectivity index (χ4v) is 2.83. The monoisotopic (exact) mass is 383 g/mol. The summed E-state index contributed by atoms with van der Waals surface area (Å²) in [6.07, 6.45) is -2.83. The molecule has 0 saturated carbocycles. The number of hydrogen-bond acceptors (Lipinski definition) is 3. The van der Waals surface area contributed by atoms with Crippen LogP contribution in [0.25, 0.3) is 11.1 Å². The molecule has 3 rings (SSSR count). The maximum Gasteiger partial charge on any atom is 0.496 e. The summed E-state index contributed by atoms with van der Waals surface area (Å²) in [6.45, 7) is 7.75. The molecule has 0 aliphatic carbocycles. The van der Waals surface area contributed by atoms with E-state index in [1.807, 2.05) is 27.7 Å². The summed E-state index contributed by atoms with van der Waals surface area (Å²) in [6, 6.07) is 6.53. The van der Waals surface area contributed by atoms with Crippen molar-refractivity contribution >= 4 is 24.2 Å². The highest BCUT2D eigenvalue weighted by Gasteiger charge is 2.51. The van der Waals surface area contributed by atoms with E-state index in [2.05, 4.69) is 4.98 Å². The molecule has 0 amide bonds. The van der Waals surface area contributed by atoms with E-state index in [0.717, 1.165) is 12.1 Å². The topological polar surface area (TPSA) is 31.4 Å². The average molecular weight is 384 g/mol. The molecule has 1 fully saturated rings. The molecule has 1 aliphatic heterocycles. The molecule has 1 saturated heterocycles. The van der Waals surface area contributed by atoms with Crippen LogP contribution in [0, 0.1) is 0 Å². The van der Waals surface area contributed by atoms with Crippen molar-refractivity contribution < 1.29 is 22.5 Å². The number of pyridine rings is 1. The second-order valence-corrected chi connectivity index (χ2v) is 7.63. The summed E-state index contributed by atoms with van der Waals surface area (Å²) in [5, 5.41) is 0.199. The molecule has 2 aromatic rings. The molecule has 0 spiro atoms. The molecule has 1 aromatic carbocycles. The molecular weight excluding hydrogens is 365 g/mol. The van der Waals surface area contributed by atoms with Crippen molar-refractivity contribution in [1.82, 2.24) is 4.98 Å². The third-order valence-corrected chi connectivity index (χ3v) is 5.21. The Kier molecular flexibility index (Phi) is 4.62. The third-order valence-electron chi connectivity index (χ3n) is 4.91. The zero-order valence-electron chi connectivity index (χ0n) is 14.8. The molecule has 0 atom stereocenters. The molecule has 0 radical (unpaired) electrons. The van der Waals surface area contributed by atoms with Crippen molar-refractivity contribution in [3.05, 3.63) is 47.2 Å². The fraction of sp³-hybridized carbons (Fsp3) is 0.389. The number of benzene rings is 1. The first-order valence-electron chi connectivity index (χ1n) is 8.09. The van der Waals surface area contributed by atoms with Gasteiger partial charge in [-0.25, -0.2) is 4.98 Å². The summed E-state index contributed by atoms with van der Waals surface area (Å²) >= 11 is 6.16. The van der Waals surface area contributed by atoms with E-state index in [1.165, 1.54) is 12.1 Å². The Morgan fingerprint density at radius 3 is 2.04 bits per heavy atom. The molecule has 26 heavy (non-hydrogen) atoms. The molecular formula is C18H18BClF3NO2. The lowest BCUT2D eigenvalue weighted by Gasteiger charge is -2.32. The number of nitrogens with zero attached hydrogens (tertiary/aromatic N) is 1. The van der Waals surface area contributed by atoms with Gasteiger partial charge in [0.1, 0.15) is 5.15 Å². The van der Waals surface area contributed by atoms with E-state index >= 15 is 0 Å². The standard InChI is InChI=1S/C18H18BClF3NO2/c1-16(2)17(3,4)26-19(25-16)13-9-14(15(20)24-10-13)11-5-7-12(8-6-11)18(21,22)23/h5-10H,1-4H3. The molecule has 1 aromatic heterocycles. The van der Waals surface area contributed by atoms with Crippen molar-refractivity contribution in [2.45, 2.75) is 45.1 Å². The Labute approximate surface area is 155 Å². The van der Waals surface area contributed by atoms with Crippen LogP contribution in [0.5, 0.6) is 0 Å². The molecule has 0 N–H and O–H groups in total. The molecule has 8 heteroatoms. The van der Waals surface area contributed by atoms with Gasteiger partial charge in [0.05, 0.1) is 16.8 Å². The summed E-state index contributed by atoms with van der Waals surface area (Å²) in [4.78, 5) is 4.15. The van der Waals surface area contributed by atoms with Crippen molar-refractivity contribution in [2.24, 2.45) is 0 Å². The van der Waals surface area contributed by atoms with E-state index < -0.39 is 30.1 Å². The molecule has 3 nitrogen and oxygen atoms in total. The highest BCUT2D eigenvalue weighted by atomic mass is 35.5. The van der Waals surface area contributed by atoms with Gasteiger partial charge in [-0.05, 0) is 51.5 Å². The van der Waals surface area contributed by atoms with Gasteiger partial charge in [-0.15, -0.1) is 0 Å². The predicted molar refractivity (Wildman–Crippen MR) is 95.4 cm³/mol. The largest absolute Gasteiger partial charge is 0.496 e. The minimum Gasteiger partial charge on any atom is -0.399 e. The van der Waals surface area contributed by atoms with Crippen molar-refractivity contribution in [1.29, 1.82) is 0 Å². The van der Waals surface area contributed by atoms with Crippen molar-refractivity contribution in [2.75, 3.05) is 0 Å². The minimum atomic E-state index is -4.38. The SMILES string of the molecule is CC1(C)OB(c2cnc(Cl)c(-c3ccc(C(F)(F)F)cc3)c2)OC1(C)C. The van der Waals surface area contributed by atoms with Crippen LogP contribution in [0.2, 0.25) is 5.15 Å². The lowest BCUT2D eigenvalue weighted by atomic mass is 9.79. The molecule has 138 valence electrons.